The summed E-state index contributed by atoms with van der Waals surface area (Å²) in [4.78, 5) is 14.2. The molecule has 2 atom stereocenters. The van der Waals surface area contributed by atoms with Crippen LogP contribution in [0.5, 0.6) is 0 Å². The van der Waals surface area contributed by atoms with E-state index in [9.17, 15) is 4.79 Å². The molecule has 3 rings (SSSR count). The van der Waals surface area contributed by atoms with E-state index in [1.54, 1.807) is 5.57 Å². The number of piperidine rings is 1. The molecule has 0 bridgehead atoms. The number of nitrogens with zero attached hydrogens (tertiary/aromatic N) is 1. The number of amides is 1. The first kappa shape index (κ1) is 12.2. The number of allylic oxidation sites excluding steroid dienone is 1. The Balaban J connectivity index is 1.77. The van der Waals surface area contributed by atoms with Gasteiger partial charge in [0.15, 0.2) is 0 Å². The van der Waals surface area contributed by atoms with E-state index in [2.05, 4.69) is 17.1 Å². The third kappa shape index (κ3) is 2.20. The lowest BCUT2D eigenvalue weighted by Crippen LogP contribution is -2.49. The van der Waals surface area contributed by atoms with Crippen molar-refractivity contribution in [1.82, 2.24) is 10.2 Å². The van der Waals surface area contributed by atoms with Gasteiger partial charge in [0.1, 0.15) is 0 Å². The van der Waals surface area contributed by atoms with Gasteiger partial charge in [-0.25, -0.2) is 0 Å². The molecule has 0 aromatic heterocycles. The smallest absolute Gasteiger partial charge is 0.224 e. The maximum atomic E-state index is 11.5. The normalized spacial score (nSPS) is 32.8. The van der Waals surface area contributed by atoms with Crippen molar-refractivity contribution in [3.63, 3.8) is 0 Å². The molecule has 0 aromatic rings. The van der Waals surface area contributed by atoms with E-state index in [0.717, 1.165) is 24.8 Å². The molecule has 0 spiro atoms. The van der Waals surface area contributed by atoms with Crippen molar-refractivity contribution < 1.29 is 4.79 Å². The molecule has 0 aromatic carbocycles. The number of nitrogens with one attached hydrogen (secondary N) is 1. The lowest BCUT2D eigenvalue weighted by Gasteiger charge is -2.46. The standard InChI is InChI=1S/C15H24N2O/c1-2-7-17-8-3-4-12-9-13-11(10-14(12)17)5-6-15(18)16-13/h12,14H,2-10H2,1H3,(H,16,18). The summed E-state index contributed by atoms with van der Waals surface area (Å²) < 4.78 is 0. The lowest BCUT2D eigenvalue weighted by molar-refractivity contribution is -0.121. The summed E-state index contributed by atoms with van der Waals surface area (Å²) in [6.45, 7) is 4.80. The molecule has 100 valence electrons. The van der Waals surface area contributed by atoms with E-state index < -0.39 is 0 Å². The molecule has 1 saturated heterocycles. The van der Waals surface area contributed by atoms with Crippen molar-refractivity contribution in [3.05, 3.63) is 11.3 Å². The molecule has 0 saturated carbocycles. The second-order valence-corrected chi connectivity index (χ2v) is 6.04. The quantitative estimate of drug-likeness (QED) is 0.814. The number of fused-ring (bicyclic) bond motifs is 1. The van der Waals surface area contributed by atoms with Crippen molar-refractivity contribution in [3.8, 4) is 0 Å². The molecule has 3 heteroatoms. The molecule has 1 aliphatic carbocycles. The Morgan fingerprint density at radius 2 is 2.22 bits per heavy atom. The Labute approximate surface area is 110 Å². The molecule has 18 heavy (non-hydrogen) atoms. The van der Waals surface area contributed by atoms with Crippen molar-refractivity contribution in [2.75, 3.05) is 13.1 Å². The van der Waals surface area contributed by atoms with E-state index in [1.165, 1.54) is 44.5 Å². The molecule has 2 aliphatic heterocycles. The van der Waals surface area contributed by atoms with E-state index >= 15 is 0 Å². The number of carbonyl (C=O) groups is 1. The molecule has 0 radical (unpaired) electrons. The summed E-state index contributed by atoms with van der Waals surface area (Å²) in [5.41, 5.74) is 2.82. The summed E-state index contributed by atoms with van der Waals surface area (Å²) in [6, 6.07) is 0.757. The average molecular weight is 248 g/mol. The second kappa shape index (κ2) is 5.04. The van der Waals surface area contributed by atoms with Crippen LogP contribution in [0.25, 0.3) is 0 Å². The van der Waals surface area contributed by atoms with Gasteiger partial charge in [-0.2, -0.15) is 0 Å². The average Bonchev–Trinajstić information content (AvgIpc) is 2.37. The van der Waals surface area contributed by atoms with Crippen LogP contribution in [0.2, 0.25) is 0 Å². The van der Waals surface area contributed by atoms with Gasteiger partial charge in [-0.05, 0) is 63.1 Å². The highest BCUT2D eigenvalue weighted by molar-refractivity contribution is 5.79. The Hall–Kier alpha value is -0.830. The molecule has 1 amide bonds. The predicted octanol–water partition coefficient (Wildman–Crippen LogP) is 2.43. The predicted molar refractivity (Wildman–Crippen MR) is 72.0 cm³/mol. The number of rotatable bonds is 2. The topological polar surface area (TPSA) is 32.3 Å². The molecule has 1 N–H and O–H groups in total. The first-order valence-electron chi connectivity index (χ1n) is 7.52. The fourth-order valence-electron chi connectivity index (χ4n) is 3.98. The Morgan fingerprint density at radius 3 is 3.06 bits per heavy atom. The van der Waals surface area contributed by atoms with Crippen molar-refractivity contribution >= 4 is 5.91 Å². The van der Waals surface area contributed by atoms with Crippen LogP contribution in [0.1, 0.15) is 51.9 Å². The summed E-state index contributed by atoms with van der Waals surface area (Å²) in [6.07, 6.45) is 7.96. The molecular weight excluding hydrogens is 224 g/mol. The molecule has 3 nitrogen and oxygen atoms in total. The zero-order valence-electron chi connectivity index (χ0n) is 11.4. The largest absolute Gasteiger partial charge is 0.330 e. The van der Waals surface area contributed by atoms with Gasteiger partial charge in [-0.3, -0.25) is 9.69 Å². The third-order valence-corrected chi connectivity index (χ3v) is 4.84. The molecular formula is C15H24N2O. The maximum absolute atomic E-state index is 11.5. The zero-order valence-corrected chi connectivity index (χ0v) is 11.4. The molecule has 1 fully saturated rings. The Bertz CT molecular complexity index is 373. The first-order chi connectivity index (χ1) is 8.78. The Morgan fingerprint density at radius 1 is 1.33 bits per heavy atom. The van der Waals surface area contributed by atoms with Gasteiger partial charge in [0.2, 0.25) is 5.91 Å². The van der Waals surface area contributed by atoms with Crippen LogP contribution < -0.4 is 5.32 Å². The molecule has 2 unspecified atom stereocenters. The highest BCUT2D eigenvalue weighted by atomic mass is 16.1. The first-order valence-corrected chi connectivity index (χ1v) is 7.52. The zero-order chi connectivity index (χ0) is 12.5. The van der Waals surface area contributed by atoms with E-state index in [4.69, 9.17) is 0 Å². The Kier molecular flexibility index (Phi) is 3.42. The van der Waals surface area contributed by atoms with Gasteiger partial charge in [0, 0.05) is 18.2 Å². The monoisotopic (exact) mass is 248 g/mol. The van der Waals surface area contributed by atoms with E-state index in [0.29, 0.717) is 6.42 Å². The molecule has 3 aliphatic rings. The number of hydrogen-bond donors (Lipinski definition) is 1. The van der Waals surface area contributed by atoms with Crippen LogP contribution >= 0.6 is 0 Å². The minimum atomic E-state index is 0.230. The van der Waals surface area contributed by atoms with Crippen molar-refractivity contribution in [2.45, 2.75) is 57.9 Å². The maximum Gasteiger partial charge on any atom is 0.224 e. The summed E-state index contributed by atoms with van der Waals surface area (Å²) in [5, 5.41) is 3.12. The lowest BCUT2D eigenvalue weighted by atomic mass is 9.75. The third-order valence-electron chi connectivity index (χ3n) is 4.84. The molecule has 2 heterocycles. The fraction of sp³-hybridized carbons (Fsp3) is 0.800. The van der Waals surface area contributed by atoms with Gasteiger partial charge in [0.05, 0.1) is 0 Å². The van der Waals surface area contributed by atoms with E-state index in [1.807, 2.05) is 0 Å². The van der Waals surface area contributed by atoms with Gasteiger partial charge < -0.3 is 5.32 Å². The fourth-order valence-corrected chi connectivity index (χ4v) is 3.98. The summed E-state index contributed by atoms with van der Waals surface area (Å²) >= 11 is 0. The van der Waals surface area contributed by atoms with Crippen LogP contribution in [0, 0.1) is 5.92 Å². The minimum Gasteiger partial charge on any atom is -0.330 e. The van der Waals surface area contributed by atoms with Crippen LogP contribution in [-0.2, 0) is 4.79 Å². The van der Waals surface area contributed by atoms with Crippen LogP contribution in [0.3, 0.4) is 0 Å². The summed E-state index contributed by atoms with van der Waals surface area (Å²) in [5.74, 6) is 1.01. The van der Waals surface area contributed by atoms with Gasteiger partial charge >= 0.3 is 0 Å². The summed E-state index contributed by atoms with van der Waals surface area (Å²) in [7, 11) is 0. The second-order valence-electron chi connectivity index (χ2n) is 6.04. The van der Waals surface area contributed by atoms with Gasteiger partial charge in [0.25, 0.3) is 0 Å². The van der Waals surface area contributed by atoms with Crippen molar-refractivity contribution in [2.24, 2.45) is 5.92 Å². The SMILES string of the molecule is CCCN1CCCC2CC3=C(CCC(=O)N3)CC21. The van der Waals surface area contributed by atoms with Crippen molar-refractivity contribution in [1.29, 1.82) is 0 Å². The van der Waals surface area contributed by atoms with Crippen LogP contribution in [0.4, 0.5) is 0 Å². The number of carbonyl (C=O) groups excluding carboxylic acids is 1. The van der Waals surface area contributed by atoms with E-state index in [-0.39, 0.29) is 5.91 Å². The number of hydrogen-bond acceptors (Lipinski definition) is 2. The highest BCUT2D eigenvalue weighted by Crippen LogP contribution is 2.40. The van der Waals surface area contributed by atoms with Crippen LogP contribution in [0.15, 0.2) is 11.3 Å². The minimum absolute atomic E-state index is 0.230. The highest BCUT2D eigenvalue weighted by Gasteiger charge is 2.37. The van der Waals surface area contributed by atoms with Gasteiger partial charge in [-0.15, -0.1) is 0 Å². The number of likely N-dealkylation sites (tertiary alicyclic amines) is 1. The van der Waals surface area contributed by atoms with Gasteiger partial charge in [-0.1, -0.05) is 6.92 Å². The van der Waals surface area contributed by atoms with Crippen LogP contribution in [-0.4, -0.2) is 29.9 Å².